The molecule has 0 fully saturated rings. The fraction of sp³-hybridized carbons (Fsp3) is 0.0588. The van der Waals surface area contributed by atoms with Gasteiger partial charge in [0.25, 0.3) is 11.6 Å². The molecule has 0 atom stereocenters. The Kier molecular flexibility index (Phi) is 4.51. The third kappa shape index (κ3) is 3.14. The number of thiophene rings is 1. The first-order chi connectivity index (χ1) is 12.8. The number of anilines is 1. The topological polar surface area (TPSA) is 85.1 Å². The highest BCUT2D eigenvalue weighted by molar-refractivity contribution is 7.23. The summed E-state index contributed by atoms with van der Waals surface area (Å²) < 4.78 is 1.26. The molecule has 4 rings (SSSR count). The number of carbonyl (C=O) groups excluding carboxylic acids is 1. The van der Waals surface area contributed by atoms with Gasteiger partial charge in [-0.05, 0) is 24.6 Å². The van der Waals surface area contributed by atoms with E-state index in [1.165, 1.54) is 17.4 Å². The average Bonchev–Trinajstić information content (AvgIpc) is 3.15. The van der Waals surface area contributed by atoms with E-state index in [0.717, 1.165) is 21.6 Å². The Bertz CT molecular complexity index is 1210. The van der Waals surface area contributed by atoms with Crippen LogP contribution in [0.1, 0.15) is 15.2 Å². The molecule has 136 valence electrons. The molecule has 0 aliphatic heterocycles. The van der Waals surface area contributed by atoms with Crippen molar-refractivity contribution in [1.82, 2.24) is 4.98 Å². The third-order valence-electron chi connectivity index (χ3n) is 3.93. The van der Waals surface area contributed by atoms with Crippen LogP contribution < -0.4 is 5.32 Å². The zero-order chi connectivity index (χ0) is 19.3. The van der Waals surface area contributed by atoms with Gasteiger partial charge in [0, 0.05) is 16.5 Å². The van der Waals surface area contributed by atoms with E-state index in [2.05, 4.69) is 10.3 Å². The standard InChI is InChI=1S/C17H9Cl2N3O3S2/c1-7-5-12-10(6-9(7)18)20-17(26-12)21-16(23)15-13(19)8-3-2-4-11(22(24)25)14(8)27-15/h2-6H,1H3,(H,20,21,23). The van der Waals surface area contributed by atoms with Crippen LogP contribution in [0.2, 0.25) is 10.0 Å². The van der Waals surface area contributed by atoms with Gasteiger partial charge in [-0.15, -0.1) is 11.3 Å². The summed E-state index contributed by atoms with van der Waals surface area (Å²) >= 11 is 14.7. The Morgan fingerprint density at radius 3 is 2.78 bits per heavy atom. The van der Waals surface area contributed by atoms with Gasteiger partial charge >= 0.3 is 0 Å². The number of hydrogen-bond donors (Lipinski definition) is 1. The maximum atomic E-state index is 12.7. The molecule has 6 nitrogen and oxygen atoms in total. The smallest absolute Gasteiger partial charge is 0.287 e. The van der Waals surface area contributed by atoms with Crippen molar-refractivity contribution in [2.45, 2.75) is 6.92 Å². The molecule has 0 aliphatic rings. The first kappa shape index (κ1) is 18.1. The van der Waals surface area contributed by atoms with Crippen molar-refractivity contribution in [3.8, 4) is 0 Å². The fourth-order valence-electron chi connectivity index (χ4n) is 2.62. The van der Waals surface area contributed by atoms with E-state index in [1.54, 1.807) is 18.2 Å². The van der Waals surface area contributed by atoms with E-state index in [4.69, 9.17) is 23.2 Å². The van der Waals surface area contributed by atoms with Gasteiger partial charge in [0.05, 0.1) is 20.2 Å². The Morgan fingerprint density at radius 1 is 1.26 bits per heavy atom. The molecule has 0 radical (unpaired) electrons. The number of nitrogens with one attached hydrogen (secondary N) is 1. The van der Waals surface area contributed by atoms with Crippen LogP contribution in [0.15, 0.2) is 30.3 Å². The number of hydrogen-bond acceptors (Lipinski definition) is 6. The summed E-state index contributed by atoms with van der Waals surface area (Å²) in [5, 5.41) is 15.6. The zero-order valence-electron chi connectivity index (χ0n) is 13.6. The van der Waals surface area contributed by atoms with Gasteiger partial charge in [-0.25, -0.2) is 4.98 Å². The summed E-state index contributed by atoms with van der Waals surface area (Å²) in [5.41, 5.74) is 1.53. The number of non-ortho nitro benzene ring substituents is 1. The number of aryl methyl sites for hydroxylation is 1. The zero-order valence-corrected chi connectivity index (χ0v) is 16.7. The van der Waals surface area contributed by atoms with Crippen molar-refractivity contribution < 1.29 is 9.72 Å². The minimum atomic E-state index is -0.490. The van der Waals surface area contributed by atoms with Crippen molar-refractivity contribution in [1.29, 1.82) is 0 Å². The SMILES string of the molecule is Cc1cc2sc(NC(=O)c3sc4c([N+](=O)[O-])cccc4c3Cl)nc2cc1Cl. The van der Waals surface area contributed by atoms with Crippen molar-refractivity contribution in [3.05, 3.63) is 60.9 Å². The monoisotopic (exact) mass is 437 g/mol. The van der Waals surface area contributed by atoms with Gasteiger partial charge in [-0.2, -0.15) is 0 Å². The van der Waals surface area contributed by atoms with E-state index in [9.17, 15) is 14.9 Å². The van der Waals surface area contributed by atoms with Gasteiger partial charge in [-0.1, -0.05) is 46.7 Å². The van der Waals surface area contributed by atoms with Crippen LogP contribution in [0.4, 0.5) is 10.8 Å². The molecule has 4 aromatic rings. The predicted octanol–water partition coefficient (Wildman–Crippen LogP) is 6.29. The minimum absolute atomic E-state index is 0.0800. The molecule has 27 heavy (non-hydrogen) atoms. The number of nitrogens with zero attached hydrogens (tertiary/aromatic N) is 2. The Morgan fingerprint density at radius 2 is 2.04 bits per heavy atom. The lowest BCUT2D eigenvalue weighted by Gasteiger charge is -1.98. The highest BCUT2D eigenvalue weighted by Gasteiger charge is 2.23. The molecule has 0 spiro atoms. The number of rotatable bonds is 3. The summed E-state index contributed by atoms with van der Waals surface area (Å²) in [6.45, 7) is 1.89. The summed E-state index contributed by atoms with van der Waals surface area (Å²) in [6.07, 6.45) is 0. The molecule has 2 heterocycles. The molecule has 10 heteroatoms. The molecule has 0 bridgehead atoms. The second-order valence-corrected chi connectivity index (χ2v) is 8.53. The summed E-state index contributed by atoms with van der Waals surface area (Å²) in [6, 6.07) is 8.23. The molecular weight excluding hydrogens is 429 g/mol. The number of thiazole rings is 1. The lowest BCUT2D eigenvalue weighted by Crippen LogP contribution is -2.10. The van der Waals surface area contributed by atoms with Crippen LogP contribution in [-0.2, 0) is 0 Å². The largest absolute Gasteiger partial charge is 0.297 e. The first-order valence-corrected chi connectivity index (χ1v) is 9.97. The van der Waals surface area contributed by atoms with Crippen LogP contribution in [-0.4, -0.2) is 15.8 Å². The van der Waals surface area contributed by atoms with Crippen LogP contribution in [0, 0.1) is 17.0 Å². The second-order valence-electron chi connectivity index (χ2n) is 5.70. The number of benzene rings is 2. The number of nitro groups is 1. The lowest BCUT2D eigenvalue weighted by molar-refractivity contribution is -0.382. The van der Waals surface area contributed by atoms with Gasteiger partial charge in [0.15, 0.2) is 5.13 Å². The van der Waals surface area contributed by atoms with E-state index < -0.39 is 10.8 Å². The molecule has 0 saturated heterocycles. The lowest BCUT2D eigenvalue weighted by atomic mass is 10.2. The Hall–Kier alpha value is -2.26. The molecule has 0 saturated carbocycles. The number of halogens is 2. The summed E-state index contributed by atoms with van der Waals surface area (Å²) in [5.74, 6) is -0.461. The first-order valence-electron chi connectivity index (χ1n) is 7.58. The van der Waals surface area contributed by atoms with Crippen LogP contribution in [0.25, 0.3) is 20.3 Å². The van der Waals surface area contributed by atoms with E-state index in [0.29, 0.717) is 25.8 Å². The molecule has 2 aromatic carbocycles. The second kappa shape index (κ2) is 6.72. The van der Waals surface area contributed by atoms with Crippen LogP contribution in [0.3, 0.4) is 0 Å². The Balaban J connectivity index is 1.72. The maximum absolute atomic E-state index is 12.7. The van der Waals surface area contributed by atoms with E-state index >= 15 is 0 Å². The van der Waals surface area contributed by atoms with Gasteiger partial charge in [-0.3, -0.25) is 20.2 Å². The van der Waals surface area contributed by atoms with E-state index in [1.807, 2.05) is 13.0 Å². The highest BCUT2D eigenvalue weighted by atomic mass is 35.5. The highest BCUT2D eigenvalue weighted by Crippen LogP contribution is 2.40. The number of amides is 1. The van der Waals surface area contributed by atoms with Gasteiger partial charge in [0.1, 0.15) is 9.58 Å². The van der Waals surface area contributed by atoms with Crippen molar-refractivity contribution in [3.63, 3.8) is 0 Å². The van der Waals surface area contributed by atoms with Gasteiger partial charge < -0.3 is 0 Å². The number of fused-ring (bicyclic) bond motifs is 2. The normalized spacial score (nSPS) is 11.2. The number of nitro benzene ring substituents is 1. The third-order valence-corrected chi connectivity index (χ3v) is 7.00. The number of carbonyl (C=O) groups is 1. The maximum Gasteiger partial charge on any atom is 0.287 e. The molecule has 0 aliphatic carbocycles. The number of aromatic nitrogens is 1. The van der Waals surface area contributed by atoms with Crippen molar-refractivity contribution in [2.75, 3.05) is 5.32 Å². The molecule has 0 unspecified atom stereocenters. The molecular formula is C17H9Cl2N3O3S2. The Labute approximate surface area is 170 Å². The molecule has 1 N–H and O–H groups in total. The quantitative estimate of drug-likeness (QED) is 0.301. The summed E-state index contributed by atoms with van der Waals surface area (Å²) in [4.78, 5) is 28.0. The van der Waals surface area contributed by atoms with Crippen LogP contribution >= 0.6 is 45.9 Å². The van der Waals surface area contributed by atoms with Crippen molar-refractivity contribution >= 4 is 82.9 Å². The predicted molar refractivity (Wildman–Crippen MR) is 111 cm³/mol. The molecule has 1 amide bonds. The van der Waals surface area contributed by atoms with E-state index in [-0.39, 0.29) is 15.6 Å². The van der Waals surface area contributed by atoms with Gasteiger partial charge in [0.2, 0.25) is 0 Å². The minimum Gasteiger partial charge on any atom is -0.297 e. The van der Waals surface area contributed by atoms with Crippen LogP contribution in [0.5, 0.6) is 0 Å². The molecule has 2 aromatic heterocycles. The average molecular weight is 438 g/mol. The fourth-order valence-corrected chi connectivity index (χ4v) is 5.21. The summed E-state index contributed by atoms with van der Waals surface area (Å²) in [7, 11) is 0. The van der Waals surface area contributed by atoms with Crippen molar-refractivity contribution in [2.24, 2.45) is 0 Å².